The third kappa shape index (κ3) is 6.70. The molecular formula is C18H30ClN3O2S. The second-order valence-electron chi connectivity index (χ2n) is 6.15. The Labute approximate surface area is 161 Å². The van der Waals surface area contributed by atoms with E-state index in [2.05, 4.69) is 34.7 Å². The summed E-state index contributed by atoms with van der Waals surface area (Å²) in [4.78, 5) is 15.3. The number of hydrogen-bond donors (Lipinski definition) is 2. The third-order valence-corrected chi connectivity index (χ3v) is 5.27. The molecule has 1 heterocycles. The number of piperidine rings is 1. The fourth-order valence-electron chi connectivity index (χ4n) is 3.16. The van der Waals surface area contributed by atoms with Gasteiger partial charge in [0.25, 0.3) is 0 Å². The summed E-state index contributed by atoms with van der Waals surface area (Å²) in [6.45, 7) is 3.08. The van der Waals surface area contributed by atoms with E-state index in [4.69, 9.17) is 10.5 Å². The van der Waals surface area contributed by atoms with E-state index in [1.165, 1.54) is 18.4 Å². The maximum atomic E-state index is 11.7. The zero-order valence-corrected chi connectivity index (χ0v) is 16.8. The summed E-state index contributed by atoms with van der Waals surface area (Å²) in [5.74, 6) is 0.985. The molecule has 1 atom stereocenters. The van der Waals surface area contributed by atoms with E-state index in [9.17, 15) is 4.79 Å². The summed E-state index contributed by atoms with van der Waals surface area (Å²) >= 11 is 1.69. The van der Waals surface area contributed by atoms with Gasteiger partial charge < -0.3 is 15.8 Å². The first-order chi connectivity index (χ1) is 11.7. The summed E-state index contributed by atoms with van der Waals surface area (Å²) in [6.07, 6.45) is 6.03. The second kappa shape index (κ2) is 11.6. The molecule has 0 bridgehead atoms. The molecule has 1 aliphatic heterocycles. The van der Waals surface area contributed by atoms with Gasteiger partial charge in [-0.2, -0.15) is 0 Å². The Bertz CT molecular complexity index is 545. The quantitative estimate of drug-likeness (QED) is 0.671. The van der Waals surface area contributed by atoms with Gasteiger partial charge in [-0.1, -0.05) is 12.5 Å². The number of nitrogens with two attached hydrogens (primary N) is 1. The van der Waals surface area contributed by atoms with E-state index in [0.717, 1.165) is 30.2 Å². The largest absolute Gasteiger partial charge is 0.496 e. The Hall–Kier alpha value is -0.950. The number of thioether (sulfide) groups is 1. The number of likely N-dealkylation sites (tertiary alicyclic amines) is 1. The number of ether oxygens (including phenoxy) is 1. The van der Waals surface area contributed by atoms with Crippen LogP contribution in [0.2, 0.25) is 0 Å². The maximum Gasteiger partial charge on any atom is 0.221 e. The second-order valence-corrected chi connectivity index (χ2v) is 7.00. The van der Waals surface area contributed by atoms with E-state index in [0.29, 0.717) is 25.6 Å². The molecule has 1 unspecified atom stereocenters. The Morgan fingerprint density at radius 2 is 2.24 bits per heavy atom. The molecule has 1 fully saturated rings. The first-order valence-corrected chi connectivity index (χ1v) is 9.82. The van der Waals surface area contributed by atoms with E-state index >= 15 is 0 Å². The van der Waals surface area contributed by atoms with Crippen LogP contribution in [0, 0.1) is 0 Å². The van der Waals surface area contributed by atoms with E-state index < -0.39 is 0 Å². The van der Waals surface area contributed by atoms with Crippen LogP contribution in [0.25, 0.3) is 0 Å². The molecule has 0 radical (unpaired) electrons. The van der Waals surface area contributed by atoms with Gasteiger partial charge in [0.1, 0.15) is 5.75 Å². The Morgan fingerprint density at radius 1 is 1.44 bits per heavy atom. The zero-order valence-electron chi connectivity index (χ0n) is 15.1. The lowest BCUT2D eigenvalue weighted by Gasteiger charge is -2.36. The van der Waals surface area contributed by atoms with Crippen molar-refractivity contribution in [3.8, 4) is 5.75 Å². The van der Waals surface area contributed by atoms with Crippen molar-refractivity contribution < 1.29 is 9.53 Å². The molecule has 1 saturated heterocycles. The minimum atomic E-state index is 0. The number of carbonyl (C=O) groups is 1. The van der Waals surface area contributed by atoms with Crippen molar-refractivity contribution in [2.24, 2.45) is 5.73 Å². The van der Waals surface area contributed by atoms with Crippen LogP contribution in [0.1, 0.15) is 31.2 Å². The van der Waals surface area contributed by atoms with Crippen molar-refractivity contribution in [1.82, 2.24) is 10.2 Å². The first-order valence-electron chi connectivity index (χ1n) is 8.59. The van der Waals surface area contributed by atoms with Crippen molar-refractivity contribution in [3.63, 3.8) is 0 Å². The van der Waals surface area contributed by atoms with Gasteiger partial charge in [-0.15, -0.1) is 24.2 Å². The first kappa shape index (κ1) is 22.1. The molecule has 5 nitrogen and oxygen atoms in total. The SMILES string of the molecule is COc1cc(CN2CCCCC2CNC(=O)CCN)ccc1SC.Cl. The normalized spacial score (nSPS) is 17.6. The van der Waals surface area contributed by atoms with Crippen LogP contribution in [-0.2, 0) is 11.3 Å². The highest BCUT2D eigenvalue weighted by Gasteiger charge is 2.23. The van der Waals surface area contributed by atoms with E-state index in [1.54, 1.807) is 18.9 Å². The molecule has 1 amide bonds. The molecule has 0 spiro atoms. The fourth-order valence-corrected chi connectivity index (χ4v) is 3.71. The summed E-state index contributed by atoms with van der Waals surface area (Å²) in [5.41, 5.74) is 6.69. The van der Waals surface area contributed by atoms with Crippen LogP contribution >= 0.6 is 24.2 Å². The zero-order chi connectivity index (χ0) is 17.4. The number of rotatable bonds is 8. The molecule has 0 saturated carbocycles. The van der Waals surface area contributed by atoms with E-state index in [1.807, 2.05) is 0 Å². The van der Waals surface area contributed by atoms with Gasteiger partial charge >= 0.3 is 0 Å². The van der Waals surface area contributed by atoms with Gasteiger partial charge in [-0.05, 0) is 43.3 Å². The molecule has 0 aromatic heterocycles. The predicted molar refractivity (Wildman–Crippen MR) is 107 cm³/mol. The van der Waals surface area contributed by atoms with Gasteiger partial charge in [-0.25, -0.2) is 0 Å². The predicted octanol–water partition coefficient (Wildman–Crippen LogP) is 2.66. The van der Waals surface area contributed by atoms with Gasteiger partial charge in [0.05, 0.1) is 7.11 Å². The average Bonchev–Trinajstić information content (AvgIpc) is 2.61. The summed E-state index contributed by atoms with van der Waals surface area (Å²) < 4.78 is 5.49. The molecule has 0 aliphatic carbocycles. The van der Waals surface area contributed by atoms with Gasteiger partial charge in [0.15, 0.2) is 0 Å². The average molecular weight is 388 g/mol. The van der Waals surface area contributed by atoms with Gasteiger partial charge in [-0.3, -0.25) is 9.69 Å². The number of halogens is 1. The smallest absolute Gasteiger partial charge is 0.221 e. The van der Waals surface area contributed by atoms with Crippen molar-refractivity contribution in [1.29, 1.82) is 0 Å². The topological polar surface area (TPSA) is 67.6 Å². The molecule has 25 heavy (non-hydrogen) atoms. The monoisotopic (exact) mass is 387 g/mol. The molecule has 1 aliphatic rings. The van der Waals surface area contributed by atoms with Crippen LogP contribution < -0.4 is 15.8 Å². The Morgan fingerprint density at radius 3 is 2.92 bits per heavy atom. The molecular weight excluding hydrogens is 358 g/mol. The highest BCUT2D eigenvalue weighted by Crippen LogP contribution is 2.29. The highest BCUT2D eigenvalue weighted by atomic mass is 35.5. The molecule has 142 valence electrons. The summed E-state index contributed by atoms with van der Waals surface area (Å²) in [7, 11) is 1.72. The Balaban J connectivity index is 0.00000312. The minimum absolute atomic E-state index is 0. The number of carbonyl (C=O) groups excluding carboxylic acids is 1. The van der Waals surface area contributed by atoms with Crippen molar-refractivity contribution in [2.45, 2.75) is 43.2 Å². The number of hydrogen-bond acceptors (Lipinski definition) is 5. The number of methoxy groups -OCH3 is 1. The standard InChI is InChI=1S/C18H29N3O2S.ClH/c1-23-16-11-14(6-7-17(16)24-2)13-21-10-4-3-5-15(21)12-20-18(22)8-9-19;/h6-7,11,15H,3-5,8-10,12-13,19H2,1-2H3,(H,20,22);1H. The maximum absolute atomic E-state index is 11.7. The van der Waals surface area contributed by atoms with Gasteiger partial charge in [0.2, 0.25) is 5.91 Å². The number of nitrogens with one attached hydrogen (secondary N) is 1. The van der Waals surface area contributed by atoms with Crippen LogP contribution in [0.3, 0.4) is 0 Å². The third-order valence-electron chi connectivity index (χ3n) is 4.49. The lowest BCUT2D eigenvalue weighted by atomic mass is 10.0. The number of nitrogens with zero attached hydrogens (tertiary/aromatic N) is 1. The van der Waals surface area contributed by atoms with Crippen LogP contribution in [0.5, 0.6) is 5.75 Å². The van der Waals surface area contributed by atoms with Crippen LogP contribution in [0.15, 0.2) is 23.1 Å². The minimum Gasteiger partial charge on any atom is -0.496 e. The highest BCUT2D eigenvalue weighted by molar-refractivity contribution is 7.98. The number of amides is 1. The summed E-state index contributed by atoms with van der Waals surface area (Å²) in [5, 5.41) is 3.02. The van der Waals surface area contributed by atoms with Crippen molar-refractivity contribution in [2.75, 3.05) is 33.0 Å². The molecule has 2 rings (SSSR count). The number of benzene rings is 1. The lowest BCUT2D eigenvalue weighted by molar-refractivity contribution is -0.121. The van der Waals surface area contributed by atoms with Gasteiger partial charge in [0, 0.05) is 37.0 Å². The Kier molecular flexibility index (Phi) is 10.3. The van der Waals surface area contributed by atoms with Crippen LogP contribution in [0.4, 0.5) is 0 Å². The molecule has 1 aromatic carbocycles. The van der Waals surface area contributed by atoms with E-state index in [-0.39, 0.29) is 18.3 Å². The lowest BCUT2D eigenvalue weighted by Crippen LogP contribution is -2.46. The van der Waals surface area contributed by atoms with Crippen molar-refractivity contribution in [3.05, 3.63) is 23.8 Å². The van der Waals surface area contributed by atoms with Crippen LogP contribution in [-0.4, -0.2) is 49.8 Å². The molecule has 7 heteroatoms. The molecule has 1 aromatic rings. The van der Waals surface area contributed by atoms with Crippen molar-refractivity contribution >= 4 is 30.1 Å². The molecule has 3 N–H and O–H groups in total. The fraction of sp³-hybridized carbons (Fsp3) is 0.611. The summed E-state index contributed by atoms with van der Waals surface area (Å²) in [6, 6.07) is 6.82.